The Bertz CT molecular complexity index is 729. The van der Waals surface area contributed by atoms with Crippen LogP contribution in [0.25, 0.3) is 0 Å². The minimum atomic E-state index is -0.340. The molecule has 0 aromatic heterocycles. The lowest BCUT2D eigenvalue weighted by molar-refractivity contribution is -0.131. The average Bonchev–Trinajstić information content (AvgIpc) is 2.48. The molecule has 2 aliphatic rings. The summed E-state index contributed by atoms with van der Waals surface area (Å²) in [5.41, 5.74) is 3.09. The zero-order chi connectivity index (χ0) is 18.6. The molecule has 1 aromatic rings. The molecule has 136 valence electrons. The van der Waals surface area contributed by atoms with Gasteiger partial charge in [0.15, 0.2) is 5.78 Å². The minimum Gasteiger partial charge on any atom is -0.426 e. The molecule has 0 amide bonds. The van der Waals surface area contributed by atoms with Crippen LogP contribution in [0.1, 0.15) is 94.6 Å². The molecule has 2 aliphatic carbocycles. The average molecular weight is 342 g/mol. The van der Waals surface area contributed by atoms with Crippen LogP contribution in [0.3, 0.4) is 0 Å². The molecule has 0 saturated heterocycles. The lowest BCUT2D eigenvalue weighted by atomic mass is 9.50. The van der Waals surface area contributed by atoms with Gasteiger partial charge < -0.3 is 4.74 Å². The maximum atomic E-state index is 13.2. The molecule has 25 heavy (non-hydrogen) atoms. The van der Waals surface area contributed by atoms with Crippen LogP contribution in [-0.2, 0) is 10.2 Å². The lowest BCUT2D eigenvalue weighted by Crippen LogP contribution is -2.49. The summed E-state index contributed by atoms with van der Waals surface area (Å²) in [6, 6.07) is 3.95. The second-order valence-corrected chi connectivity index (χ2v) is 9.09. The molecule has 0 aliphatic heterocycles. The van der Waals surface area contributed by atoms with Crippen LogP contribution in [0.2, 0.25) is 0 Å². The Morgan fingerprint density at radius 3 is 2.48 bits per heavy atom. The number of hydrogen-bond donors (Lipinski definition) is 0. The standard InChI is InChI=1S/C22H30O3/c1-13(2)19-17(25-14(3)23)9-8-15-20(19)16(24)12-18-21(4,5)10-7-11-22(15,18)6/h8-9,13,18H,7,10-12H2,1-6H3/t18-,22+/m0/s1. The van der Waals surface area contributed by atoms with Gasteiger partial charge in [0.25, 0.3) is 0 Å². The van der Waals surface area contributed by atoms with Gasteiger partial charge in [-0.2, -0.15) is 0 Å². The molecular weight excluding hydrogens is 312 g/mol. The monoisotopic (exact) mass is 342 g/mol. The number of Topliss-reactive ketones (excluding diaryl/α,β-unsaturated/α-hetero) is 1. The van der Waals surface area contributed by atoms with Crippen molar-refractivity contribution in [2.24, 2.45) is 11.3 Å². The maximum absolute atomic E-state index is 13.2. The van der Waals surface area contributed by atoms with Crippen LogP contribution < -0.4 is 4.74 Å². The van der Waals surface area contributed by atoms with Crippen molar-refractivity contribution in [1.82, 2.24) is 0 Å². The number of carbonyl (C=O) groups excluding carboxylic acids is 2. The molecule has 2 atom stereocenters. The summed E-state index contributed by atoms with van der Waals surface area (Å²) in [7, 11) is 0. The topological polar surface area (TPSA) is 43.4 Å². The number of rotatable bonds is 2. The van der Waals surface area contributed by atoms with Crippen molar-refractivity contribution in [1.29, 1.82) is 0 Å². The summed E-state index contributed by atoms with van der Waals surface area (Å²) >= 11 is 0. The summed E-state index contributed by atoms with van der Waals surface area (Å²) in [5.74, 6) is 0.920. The minimum absolute atomic E-state index is 0.0172. The highest BCUT2D eigenvalue weighted by Gasteiger charge is 2.52. The van der Waals surface area contributed by atoms with Crippen molar-refractivity contribution in [3.8, 4) is 5.75 Å². The summed E-state index contributed by atoms with van der Waals surface area (Å²) in [6.45, 7) is 12.5. The smallest absolute Gasteiger partial charge is 0.308 e. The van der Waals surface area contributed by atoms with Crippen LogP contribution in [0.5, 0.6) is 5.75 Å². The largest absolute Gasteiger partial charge is 0.426 e. The Hall–Kier alpha value is -1.64. The Morgan fingerprint density at radius 1 is 1.20 bits per heavy atom. The zero-order valence-electron chi connectivity index (χ0n) is 16.4. The van der Waals surface area contributed by atoms with Crippen molar-refractivity contribution >= 4 is 11.8 Å². The molecule has 1 saturated carbocycles. The molecule has 1 fully saturated rings. The number of ketones is 1. The van der Waals surface area contributed by atoms with Crippen molar-refractivity contribution < 1.29 is 14.3 Å². The number of benzene rings is 1. The van der Waals surface area contributed by atoms with E-state index in [0.717, 1.165) is 17.5 Å². The number of esters is 1. The Labute approximate surface area is 151 Å². The summed E-state index contributed by atoms with van der Waals surface area (Å²) in [6.07, 6.45) is 4.08. The fourth-order valence-corrected chi connectivity index (χ4v) is 5.43. The van der Waals surface area contributed by atoms with E-state index in [-0.39, 0.29) is 28.5 Å². The molecule has 0 bridgehead atoms. The normalized spacial score (nSPS) is 27.6. The van der Waals surface area contributed by atoms with Crippen LogP contribution >= 0.6 is 0 Å². The third kappa shape index (κ3) is 2.82. The summed E-state index contributed by atoms with van der Waals surface area (Å²) in [4.78, 5) is 24.7. The van der Waals surface area contributed by atoms with E-state index in [4.69, 9.17) is 4.74 Å². The molecule has 1 aromatic carbocycles. The van der Waals surface area contributed by atoms with E-state index in [2.05, 4.69) is 34.6 Å². The van der Waals surface area contributed by atoms with Crippen molar-refractivity contribution in [2.75, 3.05) is 0 Å². The van der Waals surface area contributed by atoms with E-state index in [0.29, 0.717) is 18.1 Å². The van der Waals surface area contributed by atoms with Gasteiger partial charge in [-0.05, 0) is 47.1 Å². The summed E-state index contributed by atoms with van der Waals surface area (Å²) < 4.78 is 5.44. The van der Waals surface area contributed by atoms with Gasteiger partial charge >= 0.3 is 5.97 Å². The number of fused-ring (bicyclic) bond motifs is 3. The first-order valence-electron chi connectivity index (χ1n) is 9.47. The zero-order valence-corrected chi connectivity index (χ0v) is 16.4. The van der Waals surface area contributed by atoms with E-state index in [1.165, 1.54) is 25.3 Å². The van der Waals surface area contributed by atoms with Gasteiger partial charge in [-0.3, -0.25) is 9.59 Å². The predicted molar refractivity (Wildman–Crippen MR) is 99.3 cm³/mol. The first-order valence-corrected chi connectivity index (χ1v) is 9.47. The molecule has 3 nitrogen and oxygen atoms in total. The van der Waals surface area contributed by atoms with Gasteiger partial charge in [0.2, 0.25) is 0 Å². The van der Waals surface area contributed by atoms with E-state index < -0.39 is 0 Å². The Balaban J connectivity index is 2.23. The maximum Gasteiger partial charge on any atom is 0.308 e. The van der Waals surface area contributed by atoms with E-state index >= 15 is 0 Å². The molecule has 3 heteroatoms. The molecule has 0 radical (unpaired) electrons. The third-order valence-corrected chi connectivity index (χ3v) is 6.55. The molecule has 0 spiro atoms. The number of ether oxygens (including phenoxy) is 1. The Kier molecular flexibility index (Phi) is 4.33. The second-order valence-electron chi connectivity index (χ2n) is 9.09. The number of hydrogen-bond acceptors (Lipinski definition) is 3. The van der Waals surface area contributed by atoms with Crippen molar-refractivity contribution in [3.05, 3.63) is 28.8 Å². The van der Waals surface area contributed by atoms with Crippen molar-refractivity contribution in [2.45, 2.75) is 78.6 Å². The quantitative estimate of drug-likeness (QED) is 0.533. The molecule has 3 rings (SSSR count). The van der Waals surface area contributed by atoms with E-state index in [1.54, 1.807) is 0 Å². The molecule has 0 N–H and O–H groups in total. The van der Waals surface area contributed by atoms with Gasteiger partial charge in [-0.15, -0.1) is 0 Å². The summed E-state index contributed by atoms with van der Waals surface area (Å²) in [5, 5.41) is 0. The first kappa shape index (κ1) is 18.2. The van der Waals surface area contributed by atoms with Crippen molar-refractivity contribution in [3.63, 3.8) is 0 Å². The highest BCUT2D eigenvalue weighted by atomic mass is 16.5. The van der Waals surface area contributed by atoms with E-state index in [9.17, 15) is 9.59 Å². The van der Waals surface area contributed by atoms with Gasteiger partial charge in [-0.1, -0.05) is 47.1 Å². The van der Waals surface area contributed by atoms with Gasteiger partial charge in [-0.25, -0.2) is 0 Å². The van der Waals surface area contributed by atoms with Gasteiger partial charge in [0.05, 0.1) is 0 Å². The Morgan fingerprint density at radius 2 is 1.88 bits per heavy atom. The highest BCUT2D eigenvalue weighted by molar-refractivity contribution is 6.02. The SMILES string of the molecule is CC(=O)Oc1ccc2c(c1C(C)C)C(=O)C[C@H]1C(C)(C)CCC[C@]21C. The van der Waals surface area contributed by atoms with E-state index in [1.807, 2.05) is 12.1 Å². The van der Waals surface area contributed by atoms with Gasteiger partial charge in [0, 0.05) is 24.5 Å². The second kappa shape index (κ2) is 5.96. The fourth-order valence-electron chi connectivity index (χ4n) is 5.43. The van der Waals surface area contributed by atoms with Crippen LogP contribution in [0.4, 0.5) is 0 Å². The van der Waals surface area contributed by atoms with Crippen LogP contribution in [0.15, 0.2) is 12.1 Å². The first-order chi connectivity index (χ1) is 11.6. The highest BCUT2D eigenvalue weighted by Crippen LogP contribution is 2.58. The van der Waals surface area contributed by atoms with Gasteiger partial charge in [0.1, 0.15) is 5.75 Å². The molecule has 0 heterocycles. The third-order valence-electron chi connectivity index (χ3n) is 6.55. The van der Waals surface area contributed by atoms with Crippen LogP contribution in [-0.4, -0.2) is 11.8 Å². The lowest BCUT2D eigenvalue weighted by Gasteiger charge is -2.54. The number of carbonyl (C=O) groups is 2. The fraction of sp³-hybridized carbons (Fsp3) is 0.636. The van der Waals surface area contributed by atoms with Crippen LogP contribution in [0, 0.1) is 11.3 Å². The molecular formula is C22H30O3. The molecule has 0 unspecified atom stereocenters. The predicted octanol–water partition coefficient (Wildman–Crippen LogP) is 5.41.